The molecule has 1 aromatic rings. The summed E-state index contributed by atoms with van der Waals surface area (Å²) < 4.78 is 4.96. The summed E-state index contributed by atoms with van der Waals surface area (Å²) in [7, 11) is 1.62. The maximum atomic E-state index is 5.85. The number of aryl methyl sites for hydroxylation is 1. The third kappa shape index (κ3) is 2.40. The lowest BCUT2D eigenvalue weighted by Crippen LogP contribution is -2.17. The number of nitrogens with zero attached hydrogens (tertiary/aromatic N) is 1. The van der Waals surface area contributed by atoms with Gasteiger partial charge in [0.25, 0.3) is 0 Å². The zero-order chi connectivity index (χ0) is 9.84. The van der Waals surface area contributed by atoms with Gasteiger partial charge in [-0.3, -0.25) is 0 Å². The van der Waals surface area contributed by atoms with Crippen molar-refractivity contribution < 1.29 is 4.74 Å². The molecule has 1 heterocycles. The summed E-state index contributed by atoms with van der Waals surface area (Å²) in [5.74, 6) is 0.519. The van der Waals surface area contributed by atoms with E-state index in [-0.39, 0.29) is 6.04 Å². The number of pyridine rings is 1. The van der Waals surface area contributed by atoms with Crippen molar-refractivity contribution in [1.82, 2.24) is 4.98 Å². The van der Waals surface area contributed by atoms with E-state index in [1.54, 1.807) is 13.2 Å². The van der Waals surface area contributed by atoms with Gasteiger partial charge in [0.15, 0.2) is 0 Å². The first-order valence-electron chi connectivity index (χ1n) is 4.12. The van der Waals surface area contributed by atoms with Crippen LogP contribution in [-0.4, -0.2) is 18.7 Å². The Bertz CT molecular complexity index is 288. The van der Waals surface area contributed by atoms with Crippen LogP contribution in [0.25, 0.3) is 0 Å². The molecule has 0 spiro atoms. The molecule has 0 bridgehead atoms. The lowest BCUT2D eigenvalue weighted by Gasteiger charge is -2.12. The van der Waals surface area contributed by atoms with Crippen LogP contribution < -0.4 is 11.5 Å². The lowest BCUT2D eigenvalue weighted by molar-refractivity contribution is 0.180. The second kappa shape index (κ2) is 4.20. The highest BCUT2D eigenvalue weighted by Gasteiger charge is 2.09. The maximum absolute atomic E-state index is 5.85. The first-order chi connectivity index (χ1) is 6.15. The molecule has 1 aromatic heterocycles. The highest BCUT2D eigenvalue weighted by atomic mass is 16.5. The topological polar surface area (TPSA) is 74.2 Å². The molecular weight excluding hydrogens is 166 g/mol. The van der Waals surface area contributed by atoms with Crippen LogP contribution in [0.4, 0.5) is 5.82 Å². The Morgan fingerprint density at radius 1 is 1.54 bits per heavy atom. The normalized spacial score (nSPS) is 12.8. The van der Waals surface area contributed by atoms with Gasteiger partial charge in [-0.1, -0.05) is 6.07 Å². The minimum Gasteiger partial charge on any atom is -0.384 e. The van der Waals surface area contributed by atoms with Crippen molar-refractivity contribution in [2.45, 2.75) is 13.0 Å². The molecule has 4 nitrogen and oxygen atoms in total. The van der Waals surface area contributed by atoms with Gasteiger partial charge < -0.3 is 16.2 Å². The summed E-state index contributed by atoms with van der Waals surface area (Å²) in [5, 5.41) is 0. The van der Waals surface area contributed by atoms with Crippen LogP contribution in [0.2, 0.25) is 0 Å². The van der Waals surface area contributed by atoms with E-state index in [4.69, 9.17) is 16.2 Å². The Morgan fingerprint density at radius 3 is 2.77 bits per heavy atom. The number of anilines is 1. The van der Waals surface area contributed by atoms with Crippen molar-refractivity contribution >= 4 is 5.82 Å². The van der Waals surface area contributed by atoms with Crippen LogP contribution in [0.5, 0.6) is 0 Å². The van der Waals surface area contributed by atoms with Gasteiger partial charge in [0.2, 0.25) is 0 Å². The molecule has 0 aliphatic carbocycles. The summed E-state index contributed by atoms with van der Waals surface area (Å²) in [4.78, 5) is 4.12. The zero-order valence-electron chi connectivity index (χ0n) is 7.95. The van der Waals surface area contributed by atoms with Gasteiger partial charge in [-0.05, 0) is 18.6 Å². The Morgan fingerprint density at radius 2 is 2.23 bits per heavy atom. The quantitative estimate of drug-likeness (QED) is 0.716. The monoisotopic (exact) mass is 181 g/mol. The summed E-state index contributed by atoms with van der Waals surface area (Å²) in [6, 6.07) is 3.51. The van der Waals surface area contributed by atoms with Crippen LogP contribution in [0.1, 0.15) is 17.3 Å². The van der Waals surface area contributed by atoms with Gasteiger partial charge >= 0.3 is 0 Å². The number of methoxy groups -OCH3 is 1. The van der Waals surface area contributed by atoms with Gasteiger partial charge in [-0.2, -0.15) is 0 Å². The largest absolute Gasteiger partial charge is 0.384 e. The molecule has 13 heavy (non-hydrogen) atoms. The van der Waals surface area contributed by atoms with Crippen molar-refractivity contribution in [3.8, 4) is 0 Å². The van der Waals surface area contributed by atoms with Crippen molar-refractivity contribution in [3.63, 3.8) is 0 Å². The fourth-order valence-corrected chi connectivity index (χ4v) is 1.25. The summed E-state index contributed by atoms with van der Waals surface area (Å²) in [6.07, 6.45) is 0. The summed E-state index contributed by atoms with van der Waals surface area (Å²) in [6.45, 7) is 2.38. The third-order valence-corrected chi connectivity index (χ3v) is 1.89. The zero-order valence-corrected chi connectivity index (χ0v) is 7.95. The molecule has 1 rings (SSSR count). The predicted octanol–water partition coefficient (Wildman–Crippen LogP) is 0.618. The van der Waals surface area contributed by atoms with Gasteiger partial charge in [0.05, 0.1) is 12.6 Å². The standard InChI is InChI=1S/C9H15N3O/c1-6-7(8(10)5-13-2)3-4-9(11)12-6/h3-4,8H,5,10H2,1-2H3,(H2,11,12)/t8-/m1/s1. The second-order valence-electron chi connectivity index (χ2n) is 2.97. The molecular formula is C9H15N3O. The highest BCUT2D eigenvalue weighted by Crippen LogP contribution is 2.15. The first-order valence-corrected chi connectivity index (χ1v) is 4.12. The van der Waals surface area contributed by atoms with Crippen LogP contribution in [0.15, 0.2) is 12.1 Å². The molecule has 0 amide bonds. The summed E-state index contributed by atoms with van der Waals surface area (Å²) >= 11 is 0. The average Bonchev–Trinajstić information content (AvgIpc) is 2.04. The van der Waals surface area contributed by atoms with Gasteiger partial charge in [-0.15, -0.1) is 0 Å². The number of ether oxygens (including phenoxy) is 1. The number of hydrogen-bond donors (Lipinski definition) is 2. The third-order valence-electron chi connectivity index (χ3n) is 1.89. The molecule has 0 saturated heterocycles. The lowest BCUT2D eigenvalue weighted by atomic mass is 10.1. The van der Waals surface area contributed by atoms with Crippen LogP contribution in [0, 0.1) is 6.92 Å². The van der Waals surface area contributed by atoms with Crippen molar-refractivity contribution in [3.05, 3.63) is 23.4 Å². The number of hydrogen-bond acceptors (Lipinski definition) is 4. The van der Waals surface area contributed by atoms with Gasteiger partial charge in [-0.25, -0.2) is 4.98 Å². The Labute approximate surface area is 77.9 Å². The van der Waals surface area contributed by atoms with E-state index in [9.17, 15) is 0 Å². The molecule has 0 aromatic carbocycles. The average molecular weight is 181 g/mol. The molecule has 1 atom stereocenters. The smallest absolute Gasteiger partial charge is 0.123 e. The number of nitrogens with two attached hydrogens (primary N) is 2. The fourth-order valence-electron chi connectivity index (χ4n) is 1.25. The Kier molecular flexibility index (Phi) is 3.22. The van der Waals surface area contributed by atoms with E-state index < -0.39 is 0 Å². The second-order valence-corrected chi connectivity index (χ2v) is 2.97. The molecule has 0 aliphatic heterocycles. The van der Waals surface area contributed by atoms with Crippen molar-refractivity contribution in [2.24, 2.45) is 5.73 Å². The van der Waals surface area contributed by atoms with E-state index in [0.29, 0.717) is 12.4 Å². The van der Waals surface area contributed by atoms with E-state index in [0.717, 1.165) is 11.3 Å². The van der Waals surface area contributed by atoms with E-state index in [1.165, 1.54) is 0 Å². The molecule has 0 unspecified atom stereocenters. The molecule has 4 N–H and O–H groups in total. The molecule has 72 valence electrons. The number of rotatable bonds is 3. The van der Waals surface area contributed by atoms with E-state index in [1.807, 2.05) is 13.0 Å². The minimum atomic E-state index is -0.127. The Balaban J connectivity index is 2.88. The molecule has 0 saturated carbocycles. The Hall–Kier alpha value is -1.13. The van der Waals surface area contributed by atoms with Crippen LogP contribution >= 0.6 is 0 Å². The maximum Gasteiger partial charge on any atom is 0.123 e. The van der Waals surface area contributed by atoms with Gasteiger partial charge in [0, 0.05) is 12.8 Å². The summed E-state index contributed by atoms with van der Waals surface area (Å²) in [5.41, 5.74) is 13.2. The molecule has 0 fully saturated rings. The van der Waals surface area contributed by atoms with Crippen molar-refractivity contribution in [2.75, 3.05) is 19.5 Å². The first kappa shape index (κ1) is 9.95. The van der Waals surface area contributed by atoms with Crippen molar-refractivity contribution in [1.29, 1.82) is 0 Å². The molecule has 0 radical (unpaired) electrons. The van der Waals surface area contributed by atoms with E-state index >= 15 is 0 Å². The fraction of sp³-hybridized carbons (Fsp3) is 0.444. The predicted molar refractivity (Wildman–Crippen MR) is 52.2 cm³/mol. The van der Waals surface area contributed by atoms with Crippen LogP contribution in [0.3, 0.4) is 0 Å². The SMILES string of the molecule is COC[C@@H](N)c1ccc(N)nc1C. The van der Waals surface area contributed by atoms with E-state index in [2.05, 4.69) is 4.98 Å². The minimum absolute atomic E-state index is 0.127. The highest BCUT2D eigenvalue weighted by molar-refractivity contribution is 5.35. The number of aromatic nitrogens is 1. The number of nitrogen functional groups attached to an aromatic ring is 1. The molecule has 0 aliphatic rings. The van der Waals surface area contributed by atoms with Gasteiger partial charge in [0.1, 0.15) is 5.82 Å². The molecule has 4 heteroatoms. The van der Waals surface area contributed by atoms with Crippen LogP contribution in [-0.2, 0) is 4.74 Å².